The van der Waals surface area contributed by atoms with Gasteiger partial charge in [0.15, 0.2) is 0 Å². The van der Waals surface area contributed by atoms with E-state index in [-0.39, 0.29) is 0 Å². The fourth-order valence-corrected chi connectivity index (χ4v) is 3.19. The second-order valence-corrected chi connectivity index (χ2v) is 6.50. The van der Waals surface area contributed by atoms with Crippen LogP contribution in [0.1, 0.15) is 27.9 Å². The zero-order chi connectivity index (χ0) is 12.4. The largest absolute Gasteiger partial charge is 0.388 e. The average Bonchev–Trinajstić information content (AvgIpc) is 2.67. The molecule has 0 aliphatic heterocycles. The van der Waals surface area contributed by atoms with E-state index in [1.807, 2.05) is 32.0 Å². The lowest BCUT2D eigenvalue weighted by molar-refractivity contribution is 0.178. The van der Waals surface area contributed by atoms with E-state index in [1.165, 1.54) is 0 Å². The number of halogens is 1. The van der Waals surface area contributed by atoms with Crippen molar-refractivity contribution in [2.75, 3.05) is 0 Å². The van der Waals surface area contributed by atoms with Crippen molar-refractivity contribution in [3.8, 4) is 0 Å². The van der Waals surface area contributed by atoms with Gasteiger partial charge in [-0.1, -0.05) is 0 Å². The van der Waals surface area contributed by atoms with Crippen molar-refractivity contribution < 1.29 is 5.11 Å². The fourth-order valence-electron chi connectivity index (χ4n) is 1.67. The normalized spacial score (nSPS) is 12.7. The summed E-state index contributed by atoms with van der Waals surface area (Å²) in [5.41, 5.74) is 2.48. The molecule has 2 aromatic rings. The number of aliphatic hydroxyl groups excluding tert-OH is 1. The van der Waals surface area contributed by atoms with Gasteiger partial charge >= 0.3 is 0 Å². The number of hydrogen-bond acceptors (Lipinski definition) is 4. The van der Waals surface area contributed by atoms with Crippen molar-refractivity contribution >= 4 is 27.3 Å². The number of aliphatic hydroxyl groups is 1. The van der Waals surface area contributed by atoms with Crippen LogP contribution in [0.4, 0.5) is 0 Å². The fraction of sp³-hybridized carbons (Fsp3) is 0.333. The Kier molecular flexibility index (Phi) is 3.91. The first-order valence-electron chi connectivity index (χ1n) is 5.29. The van der Waals surface area contributed by atoms with Crippen LogP contribution in [0.15, 0.2) is 22.0 Å². The molecule has 0 bridgehead atoms. The molecule has 1 N–H and O–H groups in total. The molecule has 0 saturated carbocycles. The summed E-state index contributed by atoms with van der Waals surface area (Å²) in [6, 6.07) is 5.92. The van der Waals surface area contributed by atoms with Crippen LogP contribution in [-0.4, -0.2) is 15.3 Å². The lowest BCUT2D eigenvalue weighted by Crippen LogP contribution is -2.06. The van der Waals surface area contributed by atoms with E-state index < -0.39 is 6.10 Å². The number of thiophene rings is 1. The van der Waals surface area contributed by atoms with Gasteiger partial charge in [0.1, 0.15) is 0 Å². The Morgan fingerprint density at radius 3 is 2.76 bits per heavy atom. The number of rotatable bonds is 3. The van der Waals surface area contributed by atoms with E-state index in [1.54, 1.807) is 11.3 Å². The molecule has 2 rings (SSSR count). The molecule has 1 atom stereocenters. The molecule has 0 saturated heterocycles. The van der Waals surface area contributed by atoms with E-state index >= 15 is 0 Å². The van der Waals surface area contributed by atoms with Crippen LogP contribution >= 0.6 is 27.3 Å². The topological polar surface area (TPSA) is 46.0 Å². The van der Waals surface area contributed by atoms with Crippen LogP contribution in [0, 0.1) is 13.8 Å². The lowest BCUT2D eigenvalue weighted by Gasteiger charge is -2.12. The van der Waals surface area contributed by atoms with Gasteiger partial charge in [0, 0.05) is 16.9 Å². The Bertz CT molecular complexity index is 527. The summed E-state index contributed by atoms with van der Waals surface area (Å²) in [7, 11) is 0. The highest BCUT2D eigenvalue weighted by Crippen LogP contribution is 2.27. The summed E-state index contributed by atoms with van der Waals surface area (Å²) in [4.78, 5) is 1.15. The molecule has 2 heterocycles. The minimum absolute atomic E-state index is 0.519. The van der Waals surface area contributed by atoms with Gasteiger partial charge in [-0.05, 0) is 48.0 Å². The third-order valence-corrected chi connectivity index (χ3v) is 4.17. The van der Waals surface area contributed by atoms with E-state index in [9.17, 15) is 5.11 Å². The molecular formula is C12H13BrN2OS. The molecule has 0 aliphatic rings. The summed E-state index contributed by atoms with van der Waals surface area (Å²) >= 11 is 5.06. The lowest BCUT2D eigenvalue weighted by atomic mass is 10.0. The van der Waals surface area contributed by atoms with Crippen LogP contribution in [0.2, 0.25) is 0 Å². The molecular weight excluding hydrogens is 300 g/mol. The van der Waals surface area contributed by atoms with E-state index in [4.69, 9.17) is 0 Å². The second-order valence-electron chi connectivity index (χ2n) is 3.95. The van der Waals surface area contributed by atoms with Crippen LogP contribution in [0.5, 0.6) is 0 Å². The summed E-state index contributed by atoms with van der Waals surface area (Å²) in [5, 5.41) is 18.2. The maximum absolute atomic E-state index is 10.2. The van der Waals surface area contributed by atoms with Gasteiger partial charge in [-0.2, -0.15) is 10.2 Å². The Balaban J connectivity index is 2.19. The van der Waals surface area contributed by atoms with Gasteiger partial charge in [-0.3, -0.25) is 0 Å². The van der Waals surface area contributed by atoms with Gasteiger partial charge in [0.05, 0.1) is 21.3 Å². The molecule has 0 fully saturated rings. The van der Waals surface area contributed by atoms with E-state index in [0.29, 0.717) is 6.42 Å². The van der Waals surface area contributed by atoms with E-state index in [0.717, 1.165) is 25.6 Å². The molecule has 0 amide bonds. The standard InChI is InChI=1S/C12H13BrN2OS/c1-7-5-10(8(2)15-14-7)11(16)6-9-3-4-12(13)17-9/h3-5,11,16H,6H2,1-2H3. The van der Waals surface area contributed by atoms with Crippen LogP contribution in [-0.2, 0) is 6.42 Å². The first-order valence-corrected chi connectivity index (χ1v) is 6.90. The first kappa shape index (κ1) is 12.7. The molecule has 5 heteroatoms. The van der Waals surface area contributed by atoms with Gasteiger partial charge < -0.3 is 5.11 Å². The predicted octanol–water partition coefficient (Wildman–Crippen LogP) is 3.19. The first-order chi connectivity index (χ1) is 8.06. The number of aryl methyl sites for hydroxylation is 2. The molecule has 0 aromatic carbocycles. The van der Waals surface area contributed by atoms with Crippen molar-refractivity contribution in [2.45, 2.75) is 26.4 Å². The second kappa shape index (κ2) is 5.25. The molecule has 0 radical (unpaired) electrons. The van der Waals surface area contributed by atoms with Crippen molar-refractivity contribution in [2.24, 2.45) is 0 Å². The van der Waals surface area contributed by atoms with Crippen molar-refractivity contribution in [1.82, 2.24) is 10.2 Å². The predicted molar refractivity (Wildman–Crippen MR) is 72.2 cm³/mol. The Labute approximate surface area is 113 Å². The smallest absolute Gasteiger partial charge is 0.0857 e. The maximum Gasteiger partial charge on any atom is 0.0857 e. The van der Waals surface area contributed by atoms with Gasteiger partial charge in [0.25, 0.3) is 0 Å². The van der Waals surface area contributed by atoms with Crippen LogP contribution in [0.25, 0.3) is 0 Å². The maximum atomic E-state index is 10.2. The van der Waals surface area contributed by atoms with Crippen LogP contribution in [0.3, 0.4) is 0 Å². The Hall–Kier alpha value is -0.780. The SMILES string of the molecule is Cc1cc(C(O)Cc2ccc(Br)s2)c(C)nn1. The average molecular weight is 313 g/mol. The summed E-state index contributed by atoms with van der Waals surface area (Å²) in [6.07, 6.45) is 0.0946. The highest BCUT2D eigenvalue weighted by Gasteiger charge is 2.14. The van der Waals surface area contributed by atoms with Gasteiger partial charge in [-0.15, -0.1) is 11.3 Å². The molecule has 90 valence electrons. The number of aromatic nitrogens is 2. The van der Waals surface area contributed by atoms with Crippen molar-refractivity contribution in [3.63, 3.8) is 0 Å². The number of nitrogens with zero attached hydrogens (tertiary/aromatic N) is 2. The summed E-state index contributed by atoms with van der Waals surface area (Å²) in [5.74, 6) is 0. The monoisotopic (exact) mass is 312 g/mol. The van der Waals surface area contributed by atoms with Crippen molar-refractivity contribution in [3.05, 3.63) is 43.8 Å². The van der Waals surface area contributed by atoms with Crippen molar-refractivity contribution in [1.29, 1.82) is 0 Å². The quantitative estimate of drug-likeness (QED) is 0.946. The molecule has 0 spiro atoms. The zero-order valence-electron chi connectivity index (χ0n) is 9.64. The van der Waals surface area contributed by atoms with Crippen LogP contribution < -0.4 is 0 Å². The zero-order valence-corrected chi connectivity index (χ0v) is 12.0. The highest BCUT2D eigenvalue weighted by molar-refractivity contribution is 9.11. The Morgan fingerprint density at radius 2 is 2.12 bits per heavy atom. The Morgan fingerprint density at radius 1 is 1.35 bits per heavy atom. The molecule has 17 heavy (non-hydrogen) atoms. The minimum Gasteiger partial charge on any atom is -0.388 e. The third kappa shape index (κ3) is 3.12. The summed E-state index contributed by atoms with van der Waals surface area (Å²) in [6.45, 7) is 3.75. The van der Waals surface area contributed by atoms with E-state index in [2.05, 4.69) is 26.1 Å². The molecule has 2 aromatic heterocycles. The van der Waals surface area contributed by atoms with Gasteiger partial charge in [0.2, 0.25) is 0 Å². The molecule has 1 unspecified atom stereocenters. The molecule has 0 aliphatic carbocycles. The summed E-state index contributed by atoms with van der Waals surface area (Å²) < 4.78 is 1.08. The minimum atomic E-state index is -0.519. The third-order valence-electron chi connectivity index (χ3n) is 2.52. The van der Waals surface area contributed by atoms with Gasteiger partial charge in [-0.25, -0.2) is 0 Å². The number of hydrogen-bond donors (Lipinski definition) is 1. The highest BCUT2D eigenvalue weighted by atomic mass is 79.9. The molecule has 3 nitrogen and oxygen atoms in total.